The van der Waals surface area contributed by atoms with Crippen LogP contribution in [0.1, 0.15) is 52.9 Å². The van der Waals surface area contributed by atoms with E-state index in [0.717, 1.165) is 32.2 Å². The van der Waals surface area contributed by atoms with E-state index in [1.807, 2.05) is 18.7 Å². The SMILES string of the molecule is CCCCCN1CC(C(=O)NC(C)CC)CC1=O. The summed E-state index contributed by atoms with van der Waals surface area (Å²) in [7, 11) is 0. The van der Waals surface area contributed by atoms with Crippen molar-refractivity contribution < 1.29 is 9.59 Å². The van der Waals surface area contributed by atoms with Crippen LogP contribution >= 0.6 is 0 Å². The van der Waals surface area contributed by atoms with Gasteiger partial charge < -0.3 is 10.2 Å². The molecule has 0 saturated carbocycles. The molecule has 18 heavy (non-hydrogen) atoms. The third kappa shape index (κ3) is 4.31. The van der Waals surface area contributed by atoms with Crippen molar-refractivity contribution in [1.82, 2.24) is 10.2 Å². The molecule has 0 spiro atoms. The summed E-state index contributed by atoms with van der Waals surface area (Å²) < 4.78 is 0. The highest BCUT2D eigenvalue weighted by molar-refractivity contribution is 5.89. The fraction of sp³-hybridized carbons (Fsp3) is 0.857. The second-order valence-corrected chi connectivity index (χ2v) is 5.27. The number of likely N-dealkylation sites (tertiary alicyclic amines) is 1. The van der Waals surface area contributed by atoms with Crippen LogP contribution in [0.25, 0.3) is 0 Å². The van der Waals surface area contributed by atoms with Crippen LogP contribution in [0.3, 0.4) is 0 Å². The zero-order valence-corrected chi connectivity index (χ0v) is 11.9. The Hall–Kier alpha value is -1.06. The number of unbranched alkanes of at least 4 members (excludes halogenated alkanes) is 2. The van der Waals surface area contributed by atoms with Crippen LogP contribution < -0.4 is 5.32 Å². The van der Waals surface area contributed by atoms with Crippen LogP contribution in [0.2, 0.25) is 0 Å². The summed E-state index contributed by atoms with van der Waals surface area (Å²) in [5.74, 6) is 0.0271. The average Bonchev–Trinajstić information content (AvgIpc) is 2.71. The molecule has 1 rings (SSSR count). The monoisotopic (exact) mass is 254 g/mol. The van der Waals surface area contributed by atoms with E-state index in [2.05, 4.69) is 12.2 Å². The lowest BCUT2D eigenvalue weighted by molar-refractivity contribution is -0.129. The van der Waals surface area contributed by atoms with Crippen molar-refractivity contribution >= 4 is 11.8 Å². The number of carbonyl (C=O) groups excluding carboxylic acids is 2. The third-order valence-electron chi connectivity index (χ3n) is 3.62. The molecule has 104 valence electrons. The smallest absolute Gasteiger partial charge is 0.225 e. The molecule has 0 aromatic carbocycles. The van der Waals surface area contributed by atoms with Gasteiger partial charge >= 0.3 is 0 Å². The third-order valence-corrected chi connectivity index (χ3v) is 3.62. The summed E-state index contributed by atoms with van der Waals surface area (Å²) in [6.07, 6.45) is 4.65. The van der Waals surface area contributed by atoms with Crippen LogP contribution in [0, 0.1) is 5.92 Å². The summed E-state index contributed by atoms with van der Waals surface area (Å²) in [6, 6.07) is 0.196. The maximum Gasteiger partial charge on any atom is 0.225 e. The first kappa shape index (κ1) is 15.0. The minimum Gasteiger partial charge on any atom is -0.353 e. The fourth-order valence-electron chi connectivity index (χ4n) is 2.18. The Morgan fingerprint density at radius 3 is 2.78 bits per heavy atom. The van der Waals surface area contributed by atoms with Crippen LogP contribution in [-0.2, 0) is 9.59 Å². The molecule has 1 heterocycles. The van der Waals surface area contributed by atoms with Crippen molar-refractivity contribution in [2.45, 2.75) is 58.9 Å². The van der Waals surface area contributed by atoms with Gasteiger partial charge in [0.15, 0.2) is 0 Å². The number of amides is 2. The highest BCUT2D eigenvalue weighted by Crippen LogP contribution is 2.18. The molecular formula is C14H26N2O2. The second-order valence-electron chi connectivity index (χ2n) is 5.27. The Bertz CT molecular complexity index is 292. The van der Waals surface area contributed by atoms with E-state index in [4.69, 9.17) is 0 Å². The predicted octanol–water partition coefficient (Wildman–Crippen LogP) is 1.94. The molecule has 0 aliphatic carbocycles. The van der Waals surface area contributed by atoms with E-state index in [1.165, 1.54) is 0 Å². The van der Waals surface area contributed by atoms with Gasteiger partial charge in [0.05, 0.1) is 5.92 Å². The first-order valence-electron chi connectivity index (χ1n) is 7.16. The summed E-state index contributed by atoms with van der Waals surface area (Å²) in [5.41, 5.74) is 0. The van der Waals surface area contributed by atoms with Gasteiger partial charge in [-0.3, -0.25) is 9.59 Å². The van der Waals surface area contributed by atoms with Crippen molar-refractivity contribution in [2.24, 2.45) is 5.92 Å². The number of nitrogens with zero attached hydrogens (tertiary/aromatic N) is 1. The second kappa shape index (κ2) is 7.39. The molecule has 2 atom stereocenters. The van der Waals surface area contributed by atoms with Crippen LogP contribution in [0.15, 0.2) is 0 Å². The van der Waals surface area contributed by atoms with E-state index in [-0.39, 0.29) is 23.8 Å². The van der Waals surface area contributed by atoms with Gasteiger partial charge in [-0.2, -0.15) is 0 Å². The Balaban J connectivity index is 2.38. The fourth-order valence-corrected chi connectivity index (χ4v) is 2.18. The van der Waals surface area contributed by atoms with E-state index in [1.54, 1.807) is 0 Å². The molecule has 1 N–H and O–H groups in total. The first-order chi connectivity index (χ1) is 8.58. The minimum atomic E-state index is -0.145. The lowest BCUT2D eigenvalue weighted by Crippen LogP contribution is -2.38. The van der Waals surface area contributed by atoms with Gasteiger partial charge in [-0.25, -0.2) is 0 Å². The molecule has 1 aliphatic heterocycles. The number of hydrogen-bond donors (Lipinski definition) is 1. The Morgan fingerprint density at radius 1 is 1.44 bits per heavy atom. The molecule has 4 heteroatoms. The number of hydrogen-bond acceptors (Lipinski definition) is 2. The van der Waals surface area contributed by atoms with E-state index < -0.39 is 0 Å². The topological polar surface area (TPSA) is 49.4 Å². The molecule has 0 aromatic rings. The lowest BCUT2D eigenvalue weighted by Gasteiger charge is -2.17. The maximum atomic E-state index is 11.9. The molecule has 1 aliphatic rings. The minimum absolute atomic E-state index is 0.0377. The van der Waals surface area contributed by atoms with E-state index in [9.17, 15) is 9.59 Å². The quantitative estimate of drug-likeness (QED) is 0.706. The van der Waals surface area contributed by atoms with Gasteiger partial charge in [-0.15, -0.1) is 0 Å². The summed E-state index contributed by atoms with van der Waals surface area (Å²) in [6.45, 7) is 7.59. The summed E-state index contributed by atoms with van der Waals surface area (Å²) in [5, 5.41) is 2.96. The van der Waals surface area contributed by atoms with E-state index >= 15 is 0 Å². The molecule has 2 unspecified atom stereocenters. The molecule has 0 bridgehead atoms. The lowest BCUT2D eigenvalue weighted by atomic mass is 10.1. The Labute approximate surface area is 110 Å². The zero-order valence-electron chi connectivity index (χ0n) is 11.9. The largest absolute Gasteiger partial charge is 0.353 e. The number of rotatable bonds is 7. The van der Waals surface area contributed by atoms with Crippen LogP contribution in [0.5, 0.6) is 0 Å². The van der Waals surface area contributed by atoms with Gasteiger partial charge in [0.2, 0.25) is 11.8 Å². The van der Waals surface area contributed by atoms with Gasteiger partial charge in [-0.1, -0.05) is 26.7 Å². The molecule has 4 nitrogen and oxygen atoms in total. The first-order valence-corrected chi connectivity index (χ1v) is 7.16. The van der Waals surface area contributed by atoms with Gasteiger partial charge in [0, 0.05) is 25.6 Å². The zero-order chi connectivity index (χ0) is 13.5. The maximum absolute atomic E-state index is 11.9. The molecule has 0 aromatic heterocycles. The highest BCUT2D eigenvalue weighted by atomic mass is 16.2. The Morgan fingerprint density at radius 2 is 2.17 bits per heavy atom. The van der Waals surface area contributed by atoms with E-state index in [0.29, 0.717) is 13.0 Å². The molecule has 1 saturated heterocycles. The van der Waals surface area contributed by atoms with Crippen LogP contribution in [-0.4, -0.2) is 35.8 Å². The van der Waals surface area contributed by atoms with Crippen molar-refractivity contribution in [1.29, 1.82) is 0 Å². The normalized spacial score (nSPS) is 21.2. The van der Waals surface area contributed by atoms with Gasteiger partial charge in [0.25, 0.3) is 0 Å². The molecule has 1 fully saturated rings. The van der Waals surface area contributed by atoms with Crippen molar-refractivity contribution in [3.63, 3.8) is 0 Å². The van der Waals surface area contributed by atoms with Crippen molar-refractivity contribution in [3.8, 4) is 0 Å². The van der Waals surface area contributed by atoms with Crippen LogP contribution in [0.4, 0.5) is 0 Å². The molecule has 2 amide bonds. The van der Waals surface area contributed by atoms with Crippen molar-refractivity contribution in [2.75, 3.05) is 13.1 Å². The standard InChI is InChI=1S/C14H26N2O2/c1-4-6-7-8-16-10-12(9-13(16)17)14(18)15-11(3)5-2/h11-12H,4-10H2,1-3H3,(H,15,18). The average molecular weight is 254 g/mol. The number of nitrogens with one attached hydrogen (secondary N) is 1. The van der Waals surface area contributed by atoms with Gasteiger partial charge in [-0.05, 0) is 19.8 Å². The van der Waals surface area contributed by atoms with Gasteiger partial charge in [0.1, 0.15) is 0 Å². The molecule has 0 radical (unpaired) electrons. The van der Waals surface area contributed by atoms with Crippen molar-refractivity contribution in [3.05, 3.63) is 0 Å². The predicted molar refractivity (Wildman–Crippen MR) is 72.1 cm³/mol. The molecular weight excluding hydrogens is 228 g/mol. The summed E-state index contributed by atoms with van der Waals surface area (Å²) in [4.78, 5) is 25.6. The highest BCUT2D eigenvalue weighted by Gasteiger charge is 2.33. The number of carbonyl (C=O) groups is 2. The Kier molecular flexibility index (Phi) is 6.16. The summed E-state index contributed by atoms with van der Waals surface area (Å²) >= 11 is 0.